The van der Waals surface area contributed by atoms with Gasteiger partial charge in [-0.1, -0.05) is 30.3 Å². The van der Waals surface area contributed by atoms with Crippen LogP contribution >= 0.6 is 0 Å². The lowest BCUT2D eigenvalue weighted by molar-refractivity contribution is 0.183. The van der Waals surface area contributed by atoms with Crippen LogP contribution in [0, 0.1) is 5.92 Å². The fourth-order valence-corrected chi connectivity index (χ4v) is 2.33. The number of nitrogens with one attached hydrogen (secondary N) is 1. The maximum Gasteiger partial charge on any atom is 0.0507 e. The smallest absolute Gasteiger partial charge is 0.0507 e. The van der Waals surface area contributed by atoms with Crippen molar-refractivity contribution >= 4 is 0 Å². The lowest BCUT2D eigenvalue weighted by Crippen LogP contribution is -2.43. The Bertz CT molecular complexity index is 328. The van der Waals surface area contributed by atoms with Gasteiger partial charge in [0.05, 0.1) is 6.61 Å². The molecule has 1 heterocycles. The normalized spacial score (nSPS) is 20.7. The van der Waals surface area contributed by atoms with Crippen molar-refractivity contribution in [2.75, 3.05) is 19.8 Å². The zero-order valence-electron chi connectivity index (χ0n) is 10.9. The predicted octanol–water partition coefficient (Wildman–Crippen LogP) is 2.63. The van der Waals surface area contributed by atoms with Crippen LogP contribution in [0.5, 0.6) is 0 Å². The van der Waals surface area contributed by atoms with Gasteiger partial charge in [-0.25, -0.2) is 0 Å². The van der Waals surface area contributed by atoms with Gasteiger partial charge in [0.15, 0.2) is 0 Å². The second-order valence-corrected chi connectivity index (χ2v) is 5.66. The molecular formula is C15H23NO. The number of hydrogen-bond donors (Lipinski definition) is 1. The van der Waals surface area contributed by atoms with E-state index in [-0.39, 0.29) is 5.54 Å². The van der Waals surface area contributed by atoms with Crippen molar-refractivity contribution in [2.24, 2.45) is 5.92 Å². The average molecular weight is 233 g/mol. The minimum atomic E-state index is 0.157. The minimum absolute atomic E-state index is 0.157. The van der Waals surface area contributed by atoms with Crippen LogP contribution < -0.4 is 5.32 Å². The van der Waals surface area contributed by atoms with E-state index in [4.69, 9.17) is 4.74 Å². The third kappa shape index (κ3) is 4.14. The van der Waals surface area contributed by atoms with Crippen molar-refractivity contribution < 1.29 is 4.74 Å². The van der Waals surface area contributed by atoms with Gasteiger partial charge in [0, 0.05) is 18.7 Å². The summed E-state index contributed by atoms with van der Waals surface area (Å²) >= 11 is 0. The van der Waals surface area contributed by atoms with Crippen molar-refractivity contribution in [1.29, 1.82) is 0 Å². The van der Waals surface area contributed by atoms with Crippen LogP contribution in [0.1, 0.15) is 25.8 Å². The van der Waals surface area contributed by atoms with Crippen LogP contribution in [-0.2, 0) is 11.2 Å². The van der Waals surface area contributed by atoms with Crippen LogP contribution in [0.2, 0.25) is 0 Å². The highest BCUT2D eigenvalue weighted by atomic mass is 16.5. The molecule has 2 rings (SSSR count). The van der Waals surface area contributed by atoms with Crippen molar-refractivity contribution in [3.8, 4) is 0 Å². The van der Waals surface area contributed by atoms with Gasteiger partial charge in [-0.15, -0.1) is 0 Å². The van der Waals surface area contributed by atoms with Gasteiger partial charge in [0.25, 0.3) is 0 Å². The molecule has 0 amide bonds. The monoisotopic (exact) mass is 233 g/mol. The Labute approximate surface area is 104 Å². The Balaban J connectivity index is 1.81. The summed E-state index contributed by atoms with van der Waals surface area (Å²) in [6.45, 7) is 7.48. The summed E-state index contributed by atoms with van der Waals surface area (Å²) in [7, 11) is 0. The third-order valence-corrected chi connectivity index (χ3v) is 3.38. The summed E-state index contributed by atoms with van der Waals surface area (Å²) in [5.74, 6) is 0.699. The van der Waals surface area contributed by atoms with Crippen molar-refractivity contribution in [3.05, 3.63) is 35.9 Å². The lowest BCUT2D eigenvalue weighted by Gasteiger charge is -2.28. The third-order valence-electron chi connectivity index (χ3n) is 3.38. The topological polar surface area (TPSA) is 21.3 Å². The van der Waals surface area contributed by atoms with Crippen LogP contribution in [-0.4, -0.2) is 25.3 Å². The van der Waals surface area contributed by atoms with Crippen LogP contribution in [0.15, 0.2) is 30.3 Å². The first-order chi connectivity index (χ1) is 8.16. The largest absolute Gasteiger partial charge is 0.381 e. The molecule has 1 atom stereocenters. The number of ether oxygens (including phenoxy) is 1. The van der Waals surface area contributed by atoms with Gasteiger partial charge in [-0.3, -0.25) is 0 Å². The van der Waals surface area contributed by atoms with E-state index in [1.807, 2.05) is 0 Å². The molecular weight excluding hydrogens is 210 g/mol. The van der Waals surface area contributed by atoms with Crippen LogP contribution in [0.25, 0.3) is 0 Å². The zero-order valence-corrected chi connectivity index (χ0v) is 10.9. The molecule has 0 radical (unpaired) electrons. The van der Waals surface area contributed by atoms with E-state index in [0.717, 1.165) is 26.2 Å². The Morgan fingerprint density at radius 2 is 2.06 bits per heavy atom. The predicted molar refractivity (Wildman–Crippen MR) is 71.2 cm³/mol. The number of benzene rings is 1. The molecule has 0 aliphatic carbocycles. The SMILES string of the molecule is CC(C)(Cc1ccccc1)NCC1CCOC1. The Kier molecular flexibility index (Phi) is 4.19. The van der Waals surface area contributed by atoms with E-state index in [9.17, 15) is 0 Å². The molecule has 0 spiro atoms. The molecule has 1 saturated heterocycles. The first kappa shape index (κ1) is 12.6. The molecule has 1 N–H and O–H groups in total. The molecule has 1 unspecified atom stereocenters. The quantitative estimate of drug-likeness (QED) is 0.844. The van der Waals surface area contributed by atoms with Gasteiger partial charge < -0.3 is 10.1 Å². The second-order valence-electron chi connectivity index (χ2n) is 5.66. The van der Waals surface area contributed by atoms with E-state index in [2.05, 4.69) is 49.5 Å². The van der Waals surface area contributed by atoms with Gasteiger partial charge in [-0.05, 0) is 38.2 Å². The maximum atomic E-state index is 5.40. The molecule has 94 valence electrons. The molecule has 2 heteroatoms. The van der Waals surface area contributed by atoms with E-state index in [1.165, 1.54) is 12.0 Å². The summed E-state index contributed by atoms with van der Waals surface area (Å²) in [5, 5.41) is 3.67. The van der Waals surface area contributed by atoms with E-state index >= 15 is 0 Å². The van der Waals surface area contributed by atoms with E-state index in [1.54, 1.807) is 0 Å². The van der Waals surface area contributed by atoms with Crippen LogP contribution in [0.3, 0.4) is 0 Å². The van der Waals surface area contributed by atoms with Crippen molar-refractivity contribution in [3.63, 3.8) is 0 Å². The highest BCUT2D eigenvalue weighted by molar-refractivity contribution is 5.17. The number of hydrogen-bond acceptors (Lipinski definition) is 2. The molecule has 1 aliphatic heterocycles. The zero-order chi connectivity index (χ0) is 12.1. The Morgan fingerprint density at radius 1 is 1.29 bits per heavy atom. The Morgan fingerprint density at radius 3 is 2.71 bits per heavy atom. The molecule has 1 aromatic rings. The summed E-state index contributed by atoms with van der Waals surface area (Å²) in [5.41, 5.74) is 1.55. The molecule has 2 nitrogen and oxygen atoms in total. The van der Waals surface area contributed by atoms with Gasteiger partial charge in [0.2, 0.25) is 0 Å². The fourth-order valence-electron chi connectivity index (χ4n) is 2.33. The van der Waals surface area contributed by atoms with Gasteiger partial charge in [-0.2, -0.15) is 0 Å². The molecule has 1 aliphatic rings. The standard InChI is InChI=1S/C15H23NO/c1-15(2,10-13-6-4-3-5-7-13)16-11-14-8-9-17-12-14/h3-7,14,16H,8-12H2,1-2H3. The molecule has 0 saturated carbocycles. The molecule has 17 heavy (non-hydrogen) atoms. The molecule has 1 aromatic carbocycles. The first-order valence-electron chi connectivity index (χ1n) is 6.52. The fraction of sp³-hybridized carbons (Fsp3) is 0.600. The van der Waals surface area contributed by atoms with E-state index in [0.29, 0.717) is 5.92 Å². The molecule has 0 bridgehead atoms. The average Bonchev–Trinajstić information content (AvgIpc) is 2.80. The summed E-state index contributed by atoms with van der Waals surface area (Å²) < 4.78 is 5.40. The summed E-state index contributed by atoms with van der Waals surface area (Å²) in [6.07, 6.45) is 2.27. The molecule has 0 aromatic heterocycles. The second kappa shape index (κ2) is 5.65. The van der Waals surface area contributed by atoms with E-state index < -0.39 is 0 Å². The highest BCUT2D eigenvalue weighted by Gasteiger charge is 2.21. The summed E-state index contributed by atoms with van der Waals surface area (Å²) in [4.78, 5) is 0. The van der Waals surface area contributed by atoms with Crippen molar-refractivity contribution in [1.82, 2.24) is 5.32 Å². The first-order valence-corrected chi connectivity index (χ1v) is 6.52. The van der Waals surface area contributed by atoms with Crippen molar-refractivity contribution in [2.45, 2.75) is 32.2 Å². The Hall–Kier alpha value is -0.860. The van der Waals surface area contributed by atoms with Gasteiger partial charge >= 0.3 is 0 Å². The maximum absolute atomic E-state index is 5.40. The molecule has 1 fully saturated rings. The van der Waals surface area contributed by atoms with Gasteiger partial charge in [0.1, 0.15) is 0 Å². The minimum Gasteiger partial charge on any atom is -0.381 e. The number of rotatable bonds is 5. The summed E-state index contributed by atoms with van der Waals surface area (Å²) in [6, 6.07) is 10.7. The lowest BCUT2D eigenvalue weighted by atomic mass is 9.94. The van der Waals surface area contributed by atoms with Crippen LogP contribution in [0.4, 0.5) is 0 Å². The highest BCUT2D eigenvalue weighted by Crippen LogP contribution is 2.16.